The van der Waals surface area contributed by atoms with Gasteiger partial charge in [-0.05, 0) is 24.6 Å². The van der Waals surface area contributed by atoms with Crippen LogP contribution in [0.2, 0.25) is 0 Å². The maximum absolute atomic E-state index is 12.6. The molecular weight excluding hydrogens is 331 g/mol. The van der Waals surface area contributed by atoms with Crippen molar-refractivity contribution in [1.82, 2.24) is 4.90 Å². The van der Waals surface area contributed by atoms with Crippen LogP contribution in [-0.4, -0.2) is 54.0 Å². The molecule has 0 aliphatic carbocycles. The predicted molar refractivity (Wildman–Crippen MR) is 75.6 cm³/mol. The number of alkyl halides is 3. The van der Waals surface area contributed by atoms with Gasteiger partial charge < -0.3 is 19.5 Å². The highest BCUT2D eigenvalue weighted by Gasteiger charge is 2.37. The van der Waals surface area contributed by atoms with E-state index in [1.54, 1.807) is 0 Å². The van der Waals surface area contributed by atoms with Crippen LogP contribution in [0.15, 0.2) is 24.3 Å². The van der Waals surface area contributed by atoms with Crippen LogP contribution >= 0.6 is 0 Å². The van der Waals surface area contributed by atoms with Crippen molar-refractivity contribution in [1.29, 1.82) is 0 Å². The number of carboxylic acids is 1. The van der Waals surface area contributed by atoms with Crippen LogP contribution in [0.3, 0.4) is 0 Å². The summed E-state index contributed by atoms with van der Waals surface area (Å²) >= 11 is 0. The summed E-state index contributed by atoms with van der Waals surface area (Å²) in [4.78, 5) is 24.8. The lowest BCUT2D eigenvalue weighted by atomic mass is 10.1. The van der Waals surface area contributed by atoms with Crippen molar-refractivity contribution in [2.45, 2.75) is 31.3 Å². The van der Waals surface area contributed by atoms with Crippen molar-refractivity contribution in [3.05, 3.63) is 29.8 Å². The molecule has 2 unspecified atom stereocenters. The van der Waals surface area contributed by atoms with Gasteiger partial charge in [0.25, 0.3) is 5.91 Å². The number of halogens is 3. The van der Waals surface area contributed by atoms with Gasteiger partial charge in [-0.2, -0.15) is 0 Å². The molecule has 1 aromatic carbocycles. The molecule has 1 N–H and O–H groups in total. The number of carbonyl (C=O) groups excluding carboxylic acids is 1. The van der Waals surface area contributed by atoms with Crippen molar-refractivity contribution in [3.8, 4) is 5.75 Å². The SMILES string of the molecule is COC1CC(CC(=O)O)N(C(=O)c2cccc(OC(F)(F)F)c2)C1. The Balaban J connectivity index is 2.20. The lowest BCUT2D eigenvalue weighted by Crippen LogP contribution is -2.37. The second-order valence-corrected chi connectivity index (χ2v) is 5.38. The maximum Gasteiger partial charge on any atom is 0.573 e. The Morgan fingerprint density at radius 3 is 2.67 bits per heavy atom. The summed E-state index contributed by atoms with van der Waals surface area (Å²) in [7, 11) is 1.45. The normalized spacial score (nSPS) is 20.9. The summed E-state index contributed by atoms with van der Waals surface area (Å²) in [6, 6.07) is 4.11. The van der Waals surface area contributed by atoms with E-state index in [0.717, 1.165) is 12.1 Å². The van der Waals surface area contributed by atoms with E-state index in [0.29, 0.717) is 6.42 Å². The Kier molecular flexibility index (Phi) is 5.33. The molecular formula is C15H16F3NO5. The Labute approximate surface area is 135 Å². The number of hydrogen-bond acceptors (Lipinski definition) is 4. The standard InChI is InChI=1S/C15H16F3NO5/c1-23-12-6-10(7-13(20)21)19(8-12)14(22)9-3-2-4-11(5-9)24-15(16,17)18/h2-5,10,12H,6-8H2,1H3,(H,20,21). The first-order chi connectivity index (χ1) is 11.2. The van der Waals surface area contributed by atoms with Crippen molar-refractivity contribution in [2.24, 2.45) is 0 Å². The lowest BCUT2D eigenvalue weighted by molar-refractivity contribution is -0.274. The monoisotopic (exact) mass is 347 g/mol. The number of benzene rings is 1. The zero-order valence-corrected chi connectivity index (χ0v) is 12.7. The third kappa shape index (κ3) is 4.60. The Morgan fingerprint density at radius 2 is 2.08 bits per heavy atom. The fourth-order valence-corrected chi connectivity index (χ4v) is 2.68. The number of amides is 1. The molecule has 24 heavy (non-hydrogen) atoms. The molecule has 1 amide bonds. The second kappa shape index (κ2) is 7.08. The van der Waals surface area contributed by atoms with Gasteiger partial charge in [-0.3, -0.25) is 9.59 Å². The van der Waals surface area contributed by atoms with Gasteiger partial charge in [-0.1, -0.05) is 6.07 Å². The number of carboxylic acid groups (broad SMARTS) is 1. The molecule has 132 valence electrons. The fraction of sp³-hybridized carbons (Fsp3) is 0.467. The van der Waals surface area contributed by atoms with Crippen LogP contribution in [0.1, 0.15) is 23.2 Å². The minimum atomic E-state index is -4.86. The highest BCUT2D eigenvalue weighted by atomic mass is 19.4. The zero-order chi connectivity index (χ0) is 17.9. The smallest absolute Gasteiger partial charge is 0.481 e. The summed E-state index contributed by atoms with van der Waals surface area (Å²) in [5.74, 6) is -2.14. The average Bonchev–Trinajstić information content (AvgIpc) is 2.87. The van der Waals surface area contributed by atoms with Crippen LogP contribution in [0.25, 0.3) is 0 Å². The van der Waals surface area contributed by atoms with Crippen molar-refractivity contribution in [2.75, 3.05) is 13.7 Å². The van der Waals surface area contributed by atoms with Crippen LogP contribution < -0.4 is 4.74 Å². The van der Waals surface area contributed by atoms with E-state index >= 15 is 0 Å². The first-order valence-electron chi connectivity index (χ1n) is 7.11. The number of nitrogens with zero attached hydrogens (tertiary/aromatic N) is 1. The van der Waals surface area contributed by atoms with Gasteiger partial charge in [0.2, 0.25) is 0 Å². The number of methoxy groups -OCH3 is 1. The minimum Gasteiger partial charge on any atom is -0.481 e. The Hall–Kier alpha value is -2.29. The summed E-state index contributed by atoms with van der Waals surface area (Å²) < 4.78 is 45.8. The molecule has 1 aliphatic rings. The van der Waals surface area contributed by atoms with E-state index in [-0.39, 0.29) is 24.6 Å². The van der Waals surface area contributed by atoms with E-state index in [2.05, 4.69) is 4.74 Å². The van der Waals surface area contributed by atoms with E-state index in [1.165, 1.54) is 24.1 Å². The molecule has 1 aromatic rings. The number of carbonyl (C=O) groups is 2. The Morgan fingerprint density at radius 1 is 1.38 bits per heavy atom. The molecule has 0 aromatic heterocycles. The van der Waals surface area contributed by atoms with E-state index in [4.69, 9.17) is 9.84 Å². The molecule has 0 bridgehead atoms. The maximum atomic E-state index is 12.6. The number of likely N-dealkylation sites (tertiary alicyclic amines) is 1. The van der Waals surface area contributed by atoms with E-state index in [1.807, 2.05) is 0 Å². The Bertz CT molecular complexity index is 619. The molecule has 1 heterocycles. The molecule has 2 rings (SSSR count). The molecule has 1 aliphatic heterocycles. The molecule has 2 atom stereocenters. The van der Waals surface area contributed by atoms with Crippen LogP contribution in [0.4, 0.5) is 13.2 Å². The van der Waals surface area contributed by atoms with E-state index in [9.17, 15) is 22.8 Å². The molecule has 0 saturated carbocycles. The van der Waals surface area contributed by atoms with Gasteiger partial charge in [0.05, 0.1) is 12.5 Å². The van der Waals surface area contributed by atoms with Crippen LogP contribution in [0.5, 0.6) is 5.75 Å². The number of rotatable bonds is 5. The minimum absolute atomic E-state index is 0.0103. The number of aliphatic carboxylic acids is 1. The summed E-state index contributed by atoms with van der Waals surface area (Å²) in [6.07, 6.45) is -5.08. The van der Waals surface area contributed by atoms with Gasteiger partial charge in [0, 0.05) is 25.3 Å². The number of hydrogen-bond donors (Lipinski definition) is 1. The third-order valence-corrected chi connectivity index (χ3v) is 3.70. The lowest BCUT2D eigenvalue weighted by Gasteiger charge is -2.23. The second-order valence-electron chi connectivity index (χ2n) is 5.38. The molecule has 0 radical (unpaired) electrons. The van der Waals surface area contributed by atoms with Crippen molar-refractivity contribution >= 4 is 11.9 Å². The van der Waals surface area contributed by atoms with Gasteiger partial charge in [-0.15, -0.1) is 13.2 Å². The topological polar surface area (TPSA) is 76.1 Å². The molecule has 1 saturated heterocycles. The van der Waals surface area contributed by atoms with Crippen LogP contribution in [0, 0.1) is 0 Å². The number of ether oxygens (including phenoxy) is 2. The summed E-state index contributed by atoms with van der Waals surface area (Å²) in [6.45, 7) is 0.178. The molecule has 6 nitrogen and oxygen atoms in total. The highest BCUT2D eigenvalue weighted by Crippen LogP contribution is 2.27. The van der Waals surface area contributed by atoms with Gasteiger partial charge >= 0.3 is 12.3 Å². The highest BCUT2D eigenvalue weighted by molar-refractivity contribution is 5.95. The van der Waals surface area contributed by atoms with Gasteiger partial charge in [0.1, 0.15) is 5.75 Å². The molecule has 9 heteroatoms. The average molecular weight is 347 g/mol. The fourth-order valence-electron chi connectivity index (χ4n) is 2.68. The predicted octanol–water partition coefficient (Wildman–Crippen LogP) is 2.29. The van der Waals surface area contributed by atoms with Crippen LogP contribution in [-0.2, 0) is 9.53 Å². The summed E-state index contributed by atoms with van der Waals surface area (Å²) in [5, 5.41) is 8.95. The third-order valence-electron chi connectivity index (χ3n) is 3.70. The van der Waals surface area contributed by atoms with Crippen molar-refractivity contribution < 1.29 is 37.3 Å². The van der Waals surface area contributed by atoms with Crippen molar-refractivity contribution in [3.63, 3.8) is 0 Å². The van der Waals surface area contributed by atoms with Gasteiger partial charge in [-0.25, -0.2) is 0 Å². The quantitative estimate of drug-likeness (QED) is 0.884. The zero-order valence-electron chi connectivity index (χ0n) is 12.7. The first kappa shape index (κ1) is 18.1. The van der Waals surface area contributed by atoms with Gasteiger partial charge in [0.15, 0.2) is 0 Å². The van der Waals surface area contributed by atoms with E-state index < -0.39 is 30.0 Å². The first-order valence-corrected chi connectivity index (χ1v) is 7.11. The summed E-state index contributed by atoms with van der Waals surface area (Å²) in [5.41, 5.74) is -0.0103. The largest absolute Gasteiger partial charge is 0.573 e. The molecule has 0 spiro atoms. The molecule has 1 fully saturated rings.